The lowest BCUT2D eigenvalue weighted by Crippen LogP contribution is -2.33. The highest BCUT2D eigenvalue weighted by atomic mass is 35.5. The molecule has 1 aliphatic carbocycles. The number of rotatable bonds is 4. The molecule has 0 radical (unpaired) electrons. The highest BCUT2D eigenvalue weighted by Gasteiger charge is 2.65. The van der Waals surface area contributed by atoms with Gasteiger partial charge in [0.15, 0.2) is 5.16 Å². The van der Waals surface area contributed by atoms with Crippen LogP contribution in [0, 0.1) is 13.8 Å². The molecule has 4 heteroatoms. The van der Waals surface area contributed by atoms with Crippen LogP contribution in [0.4, 0.5) is 5.69 Å². The normalized spacial score (nSPS) is 16.9. The van der Waals surface area contributed by atoms with Crippen molar-refractivity contribution in [3.63, 3.8) is 0 Å². The maximum absolute atomic E-state index is 12.8. The summed E-state index contributed by atoms with van der Waals surface area (Å²) in [5, 5.41) is 3.82. The van der Waals surface area contributed by atoms with Gasteiger partial charge in [0.1, 0.15) is 0 Å². The van der Waals surface area contributed by atoms with E-state index in [0.717, 1.165) is 40.8 Å². The number of carbonyl (C=O) groups excluding carboxylic acids is 1. The number of amides is 1. The van der Waals surface area contributed by atoms with Crippen LogP contribution in [-0.4, -0.2) is 30.6 Å². The van der Waals surface area contributed by atoms with Crippen molar-refractivity contribution in [2.75, 3.05) is 24.8 Å². The molecule has 1 aromatic rings. The molecule has 1 N–H and O–H groups in total. The molecule has 0 heterocycles. The van der Waals surface area contributed by atoms with Gasteiger partial charge in [-0.25, -0.2) is 0 Å². The highest BCUT2D eigenvalue weighted by molar-refractivity contribution is 7.77. The molecule has 110 valence electrons. The van der Waals surface area contributed by atoms with Crippen LogP contribution >= 0.6 is 18.9 Å². The minimum absolute atomic E-state index is 0.0831. The Hall–Kier alpha value is -0.590. The number of benzene rings is 1. The minimum Gasteiger partial charge on any atom is -0.322 e. The SMILES string of the molecule is CC[P+](C)(C)C1(C(=O)Nc2c(C)cc(Cl)cc2C)CC1. The number of aryl methyl sites for hydroxylation is 2. The van der Waals surface area contributed by atoms with Gasteiger partial charge in [-0.05, 0) is 44.0 Å². The van der Waals surface area contributed by atoms with Crippen LogP contribution in [0.15, 0.2) is 12.1 Å². The predicted octanol–water partition coefficient (Wildman–Crippen LogP) is 4.73. The Kier molecular flexibility index (Phi) is 4.19. The summed E-state index contributed by atoms with van der Waals surface area (Å²) in [5.41, 5.74) is 3.00. The summed E-state index contributed by atoms with van der Waals surface area (Å²) >= 11 is 6.05. The van der Waals surface area contributed by atoms with Crippen LogP contribution < -0.4 is 5.32 Å². The van der Waals surface area contributed by atoms with Gasteiger partial charge in [-0.3, -0.25) is 4.79 Å². The Morgan fingerprint density at radius 2 is 1.80 bits per heavy atom. The largest absolute Gasteiger partial charge is 0.322 e. The number of carbonyl (C=O) groups is 1. The van der Waals surface area contributed by atoms with Crippen LogP contribution in [0.5, 0.6) is 0 Å². The van der Waals surface area contributed by atoms with Gasteiger partial charge < -0.3 is 5.32 Å². The second-order valence-corrected chi connectivity index (χ2v) is 11.7. The number of hydrogen-bond donors (Lipinski definition) is 1. The maximum atomic E-state index is 12.8. The van der Waals surface area contributed by atoms with Crippen LogP contribution in [0.25, 0.3) is 0 Å². The Bertz CT molecular complexity index is 526. The molecule has 0 unspecified atom stereocenters. The van der Waals surface area contributed by atoms with E-state index in [9.17, 15) is 4.79 Å². The monoisotopic (exact) mass is 312 g/mol. The quantitative estimate of drug-likeness (QED) is 0.800. The zero-order valence-corrected chi connectivity index (χ0v) is 14.7. The first kappa shape index (κ1) is 15.8. The predicted molar refractivity (Wildman–Crippen MR) is 90.8 cm³/mol. The van der Waals surface area contributed by atoms with Crippen molar-refractivity contribution in [1.29, 1.82) is 0 Å². The van der Waals surface area contributed by atoms with Crippen molar-refractivity contribution in [3.8, 4) is 0 Å². The Labute approximate surface area is 127 Å². The maximum Gasteiger partial charge on any atom is 0.268 e. The number of hydrogen-bond acceptors (Lipinski definition) is 1. The molecular weight excluding hydrogens is 289 g/mol. The Morgan fingerprint density at radius 3 is 2.20 bits per heavy atom. The summed E-state index contributed by atoms with van der Waals surface area (Å²) < 4.78 is 0. The van der Waals surface area contributed by atoms with Crippen molar-refractivity contribution in [1.82, 2.24) is 0 Å². The van der Waals surface area contributed by atoms with E-state index in [1.54, 1.807) is 0 Å². The van der Waals surface area contributed by atoms with E-state index in [2.05, 4.69) is 25.6 Å². The first-order valence-electron chi connectivity index (χ1n) is 7.15. The lowest BCUT2D eigenvalue weighted by molar-refractivity contribution is -0.116. The standard InChI is InChI=1S/C16H23ClNOP/c1-6-20(4,5)16(7-8-16)15(19)18-14-11(2)9-13(17)10-12(14)3/h9-10H,6-8H2,1-5H3/p+1. The fraction of sp³-hybridized carbons (Fsp3) is 0.562. The third kappa shape index (κ3) is 2.61. The second kappa shape index (κ2) is 5.31. The van der Waals surface area contributed by atoms with Crippen LogP contribution in [-0.2, 0) is 4.79 Å². The summed E-state index contributed by atoms with van der Waals surface area (Å²) in [5.74, 6) is 0.214. The van der Waals surface area contributed by atoms with E-state index < -0.39 is 7.26 Å². The third-order valence-electron chi connectivity index (χ3n) is 4.83. The number of halogens is 1. The molecular formula is C16H24ClNOP+. The smallest absolute Gasteiger partial charge is 0.268 e. The number of anilines is 1. The summed E-state index contributed by atoms with van der Waals surface area (Å²) in [4.78, 5) is 12.8. The van der Waals surface area contributed by atoms with Gasteiger partial charge in [0.25, 0.3) is 5.91 Å². The molecule has 1 amide bonds. The summed E-state index contributed by atoms with van der Waals surface area (Å²) in [6, 6.07) is 3.81. The van der Waals surface area contributed by atoms with Gasteiger partial charge in [-0.2, -0.15) is 0 Å². The molecule has 0 bridgehead atoms. The molecule has 1 aromatic carbocycles. The van der Waals surface area contributed by atoms with E-state index >= 15 is 0 Å². The molecule has 1 aliphatic rings. The van der Waals surface area contributed by atoms with Crippen molar-refractivity contribution in [2.24, 2.45) is 0 Å². The third-order valence-corrected chi connectivity index (χ3v) is 9.60. The van der Waals surface area contributed by atoms with E-state index in [-0.39, 0.29) is 11.1 Å². The van der Waals surface area contributed by atoms with E-state index in [0.29, 0.717) is 0 Å². The first-order valence-corrected chi connectivity index (χ1v) is 10.4. The summed E-state index contributed by atoms with van der Waals surface area (Å²) in [6.07, 6.45) is 3.21. The topological polar surface area (TPSA) is 29.1 Å². The highest BCUT2D eigenvalue weighted by Crippen LogP contribution is 2.73. The zero-order chi connectivity index (χ0) is 15.1. The number of nitrogens with one attached hydrogen (secondary N) is 1. The van der Waals surface area contributed by atoms with Crippen LogP contribution in [0.2, 0.25) is 5.02 Å². The molecule has 2 nitrogen and oxygen atoms in total. The molecule has 1 saturated carbocycles. The van der Waals surface area contributed by atoms with E-state index in [1.807, 2.05) is 26.0 Å². The molecule has 0 spiro atoms. The lowest BCUT2D eigenvalue weighted by Gasteiger charge is -2.27. The molecule has 0 aromatic heterocycles. The van der Waals surface area contributed by atoms with Crippen LogP contribution in [0.1, 0.15) is 30.9 Å². The minimum atomic E-state index is -1.19. The molecule has 0 saturated heterocycles. The van der Waals surface area contributed by atoms with Crippen molar-refractivity contribution >= 4 is 30.5 Å². The Balaban J connectivity index is 2.26. The van der Waals surface area contributed by atoms with Crippen molar-refractivity contribution in [3.05, 3.63) is 28.3 Å². The molecule has 2 rings (SSSR count). The molecule has 0 atom stereocenters. The van der Waals surface area contributed by atoms with E-state index in [4.69, 9.17) is 11.6 Å². The zero-order valence-electron chi connectivity index (χ0n) is 13.0. The van der Waals surface area contributed by atoms with Gasteiger partial charge in [-0.15, -0.1) is 0 Å². The molecule has 20 heavy (non-hydrogen) atoms. The van der Waals surface area contributed by atoms with Crippen LogP contribution in [0.3, 0.4) is 0 Å². The Morgan fingerprint density at radius 1 is 1.30 bits per heavy atom. The average Bonchev–Trinajstić information content (AvgIpc) is 3.15. The fourth-order valence-electron chi connectivity index (χ4n) is 2.87. The first-order chi connectivity index (χ1) is 9.23. The van der Waals surface area contributed by atoms with Gasteiger partial charge >= 0.3 is 0 Å². The molecule has 0 aliphatic heterocycles. The van der Waals surface area contributed by atoms with Crippen molar-refractivity contribution < 1.29 is 4.79 Å². The average molecular weight is 313 g/mol. The second-order valence-electron chi connectivity index (χ2n) is 6.40. The van der Waals surface area contributed by atoms with Gasteiger partial charge in [0, 0.05) is 44.1 Å². The van der Waals surface area contributed by atoms with Gasteiger partial charge in [0.05, 0.1) is 6.16 Å². The van der Waals surface area contributed by atoms with Gasteiger partial charge in [-0.1, -0.05) is 11.6 Å². The lowest BCUT2D eigenvalue weighted by atomic mass is 10.1. The summed E-state index contributed by atoms with van der Waals surface area (Å²) in [6.45, 7) is 10.8. The fourth-order valence-corrected chi connectivity index (χ4v) is 5.73. The van der Waals surface area contributed by atoms with E-state index in [1.165, 1.54) is 0 Å². The summed E-state index contributed by atoms with van der Waals surface area (Å²) in [7, 11) is -1.19. The van der Waals surface area contributed by atoms with Gasteiger partial charge in [0.2, 0.25) is 0 Å². The molecule has 1 fully saturated rings. The van der Waals surface area contributed by atoms with Crippen molar-refractivity contribution in [2.45, 2.75) is 38.8 Å².